The Kier molecular flexibility index (Phi) is 4.53. The van der Waals surface area contributed by atoms with Gasteiger partial charge in [-0.25, -0.2) is 0 Å². The molecule has 2 rings (SSSR count). The van der Waals surface area contributed by atoms with Crippen LogP contribution in [-0.2, 0) is 4.79 Å². The van der Waals surface area contributed by atoms with E-state index in [4.69, 9.17) is 0 Å². The van der Waals surface area contributed by atoms with E-state index in [9.17, 15) is 4.79 Å². The molecule has 1 saturated heterocycles. The van der Waals surface area contributed by atoms with E-state index >= 15 is 0 Å². The smallest absolute Gasteiger partial charge is 0.241 e. The molecule has 1 aromatic rings. The minimum absolute atomic E-state index is 0.00774. The lowest BCUT2D eigenvalue weighted by molar-refractivity contribution is -0.131. The van der Waals surface area contributed by atoms with E-state index in [-0.39, 0.29) is 24.2 Å². The molecule has 0 saturated carbocycles. The van der Waals surface area contributed by atoms with Crippen LogP contribution >= 0.6 is 11.8 Å². The van der Waals surface area contributed by atoms with Gasteiger partial charge in [0.1, 0.15) is 6.17 Å². The van der Waals surface area contributed by atoms with Crippen LogP contribution in [0.2, 0.25) is 0 Å². The average molecular weight is 278 g/mol. The second kappa shape index (κ2) is 5.97. The maximum atomic E-state index is 12.3. The van der Waals surface area contributed by atoms with E-state index in [0.29, 0.717) is 0 Å². The molecule has 3 atom stereocenters. The zero-order valence-electron chi connectivity index (χ0n) is 12.0. The van der Waals surface area contributed by atoms with E-state index < -0.39 is 0 Å². The highest BCUT2D eigenvalue weighted by Gasteiger charge is 2.39. The number of carbonyl (C=O) groups is 1. The summed E-state index contributed by atoms with van der Waals surface area (Å²) < 4.78 is 0. The van der Waals surface area contributed by atoms with Crippen LogP contribution in [0.25, 0.3) is 0 Å². The third-order valence-corrected chi connectivity index (χ3v) is 4.55. The average Bonchev–Trinajstić information content (AvgIpc) is 2.74. The second-order valence-corrected chi connectivity index (χ2v) is 5.95. The highest BCUT2D eigenvalue weighted by Crippen LogP contribution is 2.29. The molecule has 4 heteroatoms. The predicted molar refractivity (Wildman–Crippen MR) is 80.2 cm³/mol. The Balaban J connectivity index is 2.27. The highest BCUT2D eigenvalue weighted by molar-refractivity contribution is 7.98. The van der Waals surface area contributed by atoms with Crippen LogP contribution in [-0.4, -0.2) is 29.1 Å². The summed E-state index contributed by atoms with van der Waals surface area (Å²) in [5.74, 6) is 0.202. The van der Waals surface area contributed by atoms with E-state index in [1.54, 1.807) is 11.8 Å². The van der Waals surface area contributed by atoms with Crippen molar-refractivity contribution in [1.82, 2.24) is 10.2 Å². The first-order chi connectivity index (χ1) is 9.08. The summed E-state index contributed by atoms with van der Waals surface area (Å²) in [4.78, 5) is 15.5. The van der Waals surface area contributed by atoms with Gasteiger partial charge < -0.3 is 4.90 Å². The maximum absolute atomic E-state index is 12.3. The molecule has 3 nitrogen and oxygen atoms in total. The van der Waals surface area contributed by atoms with Gasteiger partial charge in [0.05, 0.1) is 6.04 Å². The number of thioether (sulfide) groups is 1. The number of hydrogen-bond donors (Lipinski definition) is 1. The molecular formula is C15H22N2OS. The summed E-state index contributed by atoms with van der Waals surface area (Å²) in [5, 5.41) is 3.39. The van der Waals surface area contributed by atoms with Crippen molar-refractivity contribution in [3.05, 3.63) is 29.8 Å². The van der Waals surface area contributed by atoms with Crippen LogP contribution in [0.5, 0.6) is 0 Å². The number of nitrogens with zero attached hydrogens (tertiary/aromatic N) is 1. The van der Waals surface area contributed by atoms with Gasteiger partial charge in [-0.1, -0.05) is 19.1 Å². The van der Waals surface area contributed by atoms with Crippen molar-refractivity contribution >= 4 is 17.7 Å². The molecule has 1 aromatic carbocycles. The van der Waals surface area contributed by atoms with Gasteiger partial charge in [-0.15, -0.1) is 11.8 Å². The highest BCUT2D eigenvalue weighted by atomic mass is 32.2. The third-order valence-electron chi connectivity index (χ3n) is 3.81. The van der Waals surface area contributed by atoms with Crippen molar-refractivity contribution < 1.29 is 4.79 Å². The Morgan fingerprint density at radius 1 is 1.37 bits per heavy atom. The Bertz CT molecular complexity index is 446. The van der Waals surface area contributed by atoms with Crippen LogP contribution in [0.3, 0.4) is 0 Å². The summed E-state index contributed by atoms with van der Waals surface area (Å²) in [6.45, 7) is 6.17. The lowest BCUT2D eigenvalue weighted by atomic mass is 10.1. The molecule has 104 valence electrons. The van der Waals surface area contributed by atoms with Crippen LogP contribution in [0.15, 0.2) is 29.2 Å². The molecule has 1 aliphatic rings. The molecule has 19 heavy (non-hydrogen) atoms. The van der Waals surface area contributed by atoms with Crippen molar-refractivity contribution in [2.24, 2.45) is 0 Å². The number of benzene rings is 1. The monoisotopic (exact) mass is 278 g/mol. The van der Waals surface area contributed by atoms with Gasteiger partial charge in [0.25, 0.3) is 0 Å². The molecule has 0 aliphatic carbocycles. The van der Waals surface area contributed by atoms with Crippen LogP contribution in [0, 0.1) is 0 Å². The third kappa shape index (κ3) is 2.79. The van der Waals surface area contributed by atoms with E-state index in [0.717, 1.165) is 12.0 Å². The lowest BCUT2D eigenvalue weighted by Crippen LogP contribution is -2.37. The van der Waals surface area contributed by atoms with Gasteiger partial charge >= 0.3 is 0 Å². The van der Waals surface area contributed by atoms with Crippen molar-refractivity contribution in [3.8, 4) is 0 Å². The van der Waals surface area contributed by atoms with Crippen LogP contribution in [0.4, 0.5) is 0 Å². The number of amides is 1. The Morgan fingerprint density at radius 2 is 2.00 bits per heavy atom. The molecule has 1 aliphatic heterocycles. The zero-order valence-corrected chi connectivity index (χ0v) is 12.8. The largest absolute Gasteiger partial charge is 0.319 e. The van der Waals surface area contributed by atoms with E-state index in [2.05, 4.69) is 49.7 Å². The lowest BCUT2D eigenvalue weighted by Gasteiger charge is -2.30. The fourth-order valence-corrected chi connectivity index (χ4v) is 2.86. The maximum Gasteiger partial charge on any atom is 0.241 e. The topological polar surface area (TPSA) is 32.3 Å². The van der Waals surface area contributed by atoms with Crippen molar-refractivity contribution in [2.75, 3.05) is 6.26 Å². The Labute approximate surface area is 119 Å². The number of rotatable bonds is 4. The Hall–Kier alpha value is -1.00. The first-order valence-electron chi connectivity index (χ1n) is 6.80. The second-order valence-electron chi connectivity index (χ2n) is 5.07. The molecule has 0 radical (unpaired) electrons. The van der Waals surface area contributed by atoms with E-state index in [1.165, 1.54) is 4.90 Å². The minimum atomic E-state index is -0.0979. The normalized spacial score (nSPS) is 24.8. The SMILES string of the molecule is CCC(C)N1C(=O)C(C)NC1c1ccc(SC)cc1. The summed E-state index contributed by atoms with van der Waals surface area (Å²) in [6.07, 6.45) is 3.05. The number of hydrogen-bond acceptors (Lipinski definition) is 3. The molecule has 1 amide bonds. The summed E-state index contributed by atoms with van der Waals surface area (Å²) in [7, 11) is 0. The van der Waals surface area contributed by atoms with Crippen LogP contribution in [0.1, 0.15) is 38.9 Å². The number of carbonyl (C=O) groups excluding carboxylic acids is 1. The first-order valence-corrected chi connectivity index (χ1v) is 8.03. The fourth-order valence-electron chi connectivity index (χ4n) is 2.45. The Morgan fingerprint density at radius 3 is 2.53 bits per heavy atom. The zero-order chi connectivity index (χ0) is 14.0. The van der Waals surface area contributed by atoms with Crippen LogP contribution < -0.4 is 5.32 Å². The van der Waals surface area contributed by atoms with Gasteiger partial charge in [-0.05, 0) is 44.2 Å². The molecule has 0 aromatic heterocycles. The molecule has 1 heterocycles. The molecule has 3 unspecified atom stereocenters. The fraction of sp³-hybridized carbons (Fsp3) is 0.533. The van der Waals surface area contributed by atoms with Gasteiger partial charge in [0.2, 0.25) is 5.91 Å². The predicted octanol–water partition coefficient (Wildman–Crippen LogP) is 3.03. The summed E-state index contributed by atoms with van der Waals surface area (Å²) >= 11 is 1.73. The van der Waals surface area contributed by atoms with Gasteiger partial charge in [-0.3, -0.25) is 10.1 Å². The molecule has 1 fully saturated rings. The molecule has 0 bridgehead atoms. The minimum Gasteiger partial charge on any atom is -0.319 e. The van der Waals surface area contributed by atoms with E-state index in [1.807, 2.05) is 11.8 Å². The summed E-state index contributed by atoms with van der Waals surface area (Å²) in [6, 6.07) is 8.62. The van der Waals surface area contributed by atoms with Gasteiger partial charge in [0, 0.05) is 10.9 Å². The van der Waals surface area contributed by atoms with Gasteiger partial charge in [-0.2, -0.15) is 0 Å². The number of nitrogens with one attached hydrogen (secondary N) is 1. The van der Waals surface area contributed by atoms with Crippen molar-refractivity contribution in [2.45, 2.75) is 50.3 Å². The van der Waals surface area contributed by atoms with Crippen molar-refractivity contribution in [1.29, 1.82) is 0 Å². The standard InChI is InChI=1S/C15H22N2OS/c1-5-10(2)17-14(16-11(3)15(17)18)12-6-8-13(19-4)9-7-12/h6-11,14,16H,5H2,1-4H3. The molecule has 0 spiro atoms. The quantitative estimate of drug-likeness (QED) is 0.859. The summed E-state index contributed by atoms with van der Waals surface area (Å²) in [5.41, 5.74) is 1.16. The molecule has 1 N–H and O–H groups in total. The van der Waals surface area contributed by atoms with Gasteiger partial charge in [0.15, 0.2) is 0 Å². The first kappa shape index (κ1) is 14.4. The van der Waals surface area contributed by atoms with Crippen molar-refractivity contribution in [3.63, 3.8) is 0 Å². The molecular weight excluding hydrogens is 256 g/mol.